The zero-order valence-corrected chi connectivity index (χ0v) is 16.2. The Balaban J connectivity index is 2.02. The molecule has 0 fully saturated rings. The van der Waals surface area contributed by atoms with Crippen molar-refractivity contribution in [2.24, 2.45) is 5.73 Å². The number of aromatic carboxylic acids is 1. The number of nitrogens with two attached hydrogens (primary N) is 1. The third kappa shape index (κ3) is 3.72. The first-order valence-corrected chi connectivity index (χ1v) is 9.44. The Morgan fingerprint density at radius 3 is 2.52 bits per heavy atom. The van der Waals surface area contributed by atoms with Gasteiger partial charge in [0.2, 0.25) is 0 Å². The molecule has 0 atom stereocenters. The van der Waals surface area contributed by atoms with Gasteiger partial charge in [-0.3, -0.25) is 9.59 Å². The number of hydrogen-bond donors (Lipinski definition) is 4. The molecular weight excluding hydrogens is 400 g/mol. The third-order valence-electron chi connectivity index (χ3n) is 4.89. The lowest BCUT2D eigenvalue weighted by atomic mass is 9.90. The molecule has 0 saturated heterocycles. The first kappa shape index (κ1) is 20.1. The number of carbonyl (C=O) groups excluding carboxylic acids is 1. The van der Waals surface area contributed by atoms with Gasteiger partial charge >= 0.3 is 5.97 Å². The first-order valence-electron chi connectivity index (χ1n) is 9.44. The van der Waals surface area contributed by atoms with Crippen LogP contribution in [0, 0.1) is 0 Å². The second kappa shape index (κ2) is 7.92. The van der Waals surface area contributed by atoms with Gasteiger partial charge in [-0.05, 0) is 42.0 Å². The fourth-order valence-electron chi connectivity index (χ4n) is 3.52. The average molecular weight is 418 g/mol. The summed E-state index contributed by atoms with van der Waals surface area (Å²) < 4.78 is 5.79. The highest BCUT2D eigenvalue weighted by Crippen LogP contribution is 2.42. The standard InChI is InChI=1S/C23H18N2O6/c24-7-8-25-22(28)12-1-4-15(18(9-12)23(29)30)21-16-5-2-13(26)10-19(16)31-20-11-14(27)3-6-17(20)21/h1-6,9-11,26H,7-8,24H2,(H,25,28)(H,29,30). The van der Waals surface area contributed by atoms with E-state index < -0.39 is 11.9 Å². The zero-order valence-electron chi connectivity index (χ0n) is 16.2. The fraction of sp³-hybridized carbons (Fsp3) is 0.0870. The maximum absolute atomic E-state index is 12.3. The van der Waals surface area contributed by atoms with Gasteiger partial charge in [0.15, 0.2) is 5.43 Å². The van der Waals surface area contributed by atoms with Gasteiger partial charge in [-0.1, -0.05) is 6.07 Å². The first-order chi connectivity index (χ1) is 14.9. The number of phenols is 1. The Hall–Kier alpha value is -4.17. The molecule has 31 heavy (non-hydrogen) atoms. The normalized spacial score (nSPS) is 11.0. The van der Waals surface area contributed by atoms with Gasteiger partial charge in [-0.25, -0.2) is 4.79 Å². The number of amides is 1. The van der Waals surface area contributed by atoms with E-state index in [1.165, 1.54) is 36.4 Å². The van der Waals surface area contributed by atoms with Gasteiger partial charge in [0.05, 0.1) is 5.56 Å². The van der Waals surface area contributed by atoms with Crippen LogP contribution in [0.1, 0.15) is 20.7 Å². The average Bonchev–Trinajstić information content (AvgIpc) is 2.75. The Bertz CT molecular complexity index is 1360. The lowest BCUT2D eigenvalue weighted by molar-refractivity contribution is 0.0697. The van der Waals surface area contributed by atoms with Gasteiger partial charge in [0.1, 0.15) is 17.1 Å². The Labute approximate surface area is 175 Å². The molecule has 156 valence electrons. The molecule has 0 spiro atoms. The lowest BCUT2D eigenvalue weighted by Crippen LogP contribution is -2.29. The van der Waals surface area contributed by atoms with Crippen LogP contribution in [0.2, 0.25) is 0 Å². The topological polar surface area (TPSA) is 143 Å². The van der Waals surface area contributed by atoms with Crippen molar-refractivity contribution in [2.75, 3.05) is 13.1 Å². The molecule has 0 saturated carbocycles. The van der Waals surface area contributed by atoms with Crippen molar-refractivity contribution in [1.82, 2.24) is 5.32 Å². The van der Waals surface area contributed by atoms with Crippen molar-refractivity contribution in [3.63, 3.8) is 0 Å². The molecule has 8 nitrogen and oxygen atoms in total. The number of phenolic OH excluding ortho intramolecular Hbond substituents is 1. The van der Waals surface area contributed by atoms with Gasteiger partial charge in [0.25, 0.3) is 5.91 Å². The maximum Gasteiger partial charge on any atom is 0.336 e. The Kier molecular flexibility index (Phi) is 5.14. The number of carboxylic acids is 1. The smallest absolute Gasteiger partial charge is 0.336 e. The zero-order chi connectivity index (χ0) is 22.1. The van der Waals surface area contributed by atoms with E-state index in [-0.39, 0.29) is 46.7 Å². The number of carbonyl (C=O) groups is 2. The van der Waals surface area contributed by atoms with E-state index in [2.05, 4.69) is 5.32 Å². The molecule has 8 heteroatoms. The van der Waals surface area contributed by atoms with E-state index >= 15 is 0 Å². The number of aromatic hydroxyl groups is 1. The summed E-state index contributed by atoms with van der Waals surface area (Å²) in [5.41, 5.74) is 6.90. The third-order valence-corrected chi connectivity index (χ3v) is 4.89. The van der Waals surface area contributed by atoms with Crippen molar-refractivity contribution >= 4 is 22.8 Å². The van der Waals surface area contributed by atoms with E-state index in [9.17, 15) is 24.6 Å². The Morgan fingerprint density at radius 2 is 1.77 bits per heavy atom. The molecule has 1 aliphatic heterocycles. The number of nitrogens with one attached hydrogen (secondary N) is 1. The van der Waals surface area contributed by atoms with Crippen LogP contribution < -0.4 is 16.5 Å². The summed E-state index contributed by atoms with van der Waals surface area (Å²) in [6, 6.07) is 13.1. The number of benzene rings is 3. The second-order valence-corrected chi connectivity index (χ2v) is 6.93. The van der Waals surface area contributed by atoms with Gasteiger partial charge < -0.3 is 25.7 Å². The summed E-state index contributed by atoms with van der Waals surface area (Å²) in [5, 5.41) is 22.9. The van der Waals surface area contributed by atoms with Crippen LogP contribution in [-0.2, 0) is 0 Å². The molecule has 1 amide bonds. The lowest BCUT2D eigenvalue weighted by Gasteiger charge is -2.17. The van der Waals surface area contributed by atoms with Crippen molar-refractivity contribution in [1.29, 1.82) is 0 Å². The summed E-state index contributed by atoms with van der Waals surface area (Å²) >= 11 is 0. The van der Waals surface area contributed by atoms with E-state index in [1.54, 1.807) is 18.2 Å². The molecule has 0 bridgehead atoms. The minimum Gasteiger partial charge on any atom is -0.508 e. The van der Waals surface area contributed by atoms with Crippen molar-refractivity contribution < 1.29 is 24.2 Å². The predicted molar refractivity (Wildman–Crippen MR) is 115 cm³/mol. The quantitative estimate of drug-likeness (QED) is 0.365. The molecule has 0 aromatic heterocycles. The monoisotopic (exact) mass is 418 g/mol. The van der Waals surface area contributed by atoms with Gasteiger partial charge in [-0.15, -0.1) is 0 Å². The van der Waals surface area contributed by atoms with E-state index in [0.717, 1.165) is 0 Å². The summed E-state index contributed by atoms with van der Waals surface area (Å²) in [5.74, 6) is -1.44. The Morgan fingerprint density at radius 1 is 1.00 bits per heavy atom. The van der Waals surface area contributed by atoms with Crippen molar-refractivity contribution in [3.05, 3.63) is 75.9 Å². The largest absolute Gasteiger partial charge is 0.508 e. The number of carboxylic acid groups (broad SMARTS) is 1. The molecule has 2 aromatic carbocycles. The van der Waals surface area contributed by atoms with Crippen LogP contribution in [-0.4, -0.2) is 35.2 Å². The minimum absolute atomic E-state index is 0.0368. The number of hydrogen-bond acceptors (Lipinski definition) is 6. The molecule has 1 aliphatic carbocycles. The molecule has 2 aromatic rings. The van der Waals surface area contributed by atoms with Crippen LogP contribution in [0.15, 0.2) is 63.8 Å². The SMILES string of the molecule is NCCNC(=O)c1ccc(-c2c3ccc(=O)cc-3oc3cc(O)ccc23)c(C(=O)O)c1. The van der Waals surface area contributed by atoms with Crippen LogP contribution >= 0.6 is 0 Å². The fourth-order valence-corrected chi connectivity index (χ4v) is 3.52. The molecular formula is C23H18N2O6. The summed E-state index contributed by atoms with van der Waals surface area (Å²) in [6.45, 7) is 0.523. The highest BCUT2D eigenvalue weighted by atomic mass is 16.4. The summed E-state index contributed by atoms with van der Waals surface area (Å²) in [6.07, 6.45) is 0. The molecule has 0 unspecified atom stereocenters. The number of fused-ring (bicyclic) bond motifs is 2. The highest BCUT2D eigenvalue weighted by molar-refractivity contribution is 6.09. The maximum atomic E-state index is 12.3. The van der Waals surface area contributed by atoms with Crippen molar-refractivity contribution in [3.8, 4) is 28.2 Å². The molecule has 1 heterocycles. The number of rotatable bonds is 5. The van der Waals surface area contributed by atoms with Crippen LogP contribution in [0.4, 0.5) is 0 Å². The minimum atomic E-state index is -1.22. The molecule has 5 N–H and O–H groups in total. The van der Waals surface area contributed by atoms with Crippen LogP contribution in [0.3, 0.4) is 0 Å². The predicted octanol–water partition coefficient (Wildman–Crippen LogP) is 2.66. The van der Waals surface area contributed by atoms with E-state index in [1.807, 2.05) is 0 Å². The second-order valence-electron chi connectivity index (χ2n) is 6.93. The van der Waals surface area contributed by atoms with Crippen LogP contribution in [0.5, 0.6) is 5.75 Å². The van der Waals surface area contributed by atoms with Gasteiger partial charge in [-0.2, -0.15) is 0 Å². The summed E-state index contributed by atoms with van der Waals surface area (Å²) in [7, 11) is 0. The molecule has 2 aliphatic rings. The van der Waals surface area contributed by atoms with Gasteiger partial charge in [0, 0.05) is 47.3 Å². The van der Waals surface area contributed by atoms with E-state index in [4.69, 9.17) is 10.2 Å². The van der Waals surface area contributed by atoms with Crippen molar-refractivity contribution in [2.45, 2.75) is 0 Å². The highest BCUT2D eigenvalue weighted by Gasteiger charge is 2.23. The molecule has 0 radical (unpaired) electrons. The summed E-state index contributed by atoms with van der Waals surface area (Å²) in [4.78, 5) is 36.2. The van der Waals surface area contributed by atoms with E-state index in [0.29, 0.717) is 22.1 Å². The van der Waals surface area contributed by atoms with Crippen LogP contribution in [0.25, 0.3) is 33.4 Å². The molecule has 4 rings (SSSR count).